The van der Waals surface area contributed by atoms with Gasteiger partial charge in [0.05, 0.1) is 22.8 Å². The number of nitrogens with one attached hydrogen (secondary N) is 1. The summed E-state index contributed by atoms with van der Waals surface area (Å²) in [6, 6.07) is 10.6. The molecule has 0 atom stereocenters. The molecule has 0 fully saturated rings. The normalized spacial score (nSPS) is 10.2. The quantitative estimate of drug-likeness (QED) is 0.767. The number of ether oxygens (including phenoxy) is 1. The van der Waals surface area contributed by atoms with Crippen molar-refractivity contribution >= 4 is 35.1 Å². The number of benzene rings is 2. The third kappa shape index (κ3) is 5.79. The van der Waals surface area contributed by atoms with Crippen LogP contribution in [0.25, 0.3) is 0 Å². The van der Waals surface area contributed by atoms with Gasteiger partial charge in [0.2, 0.25) is 5.91 Å². The number of carbonyl (C=O) groups excluding carboxylic acids is 3. The van der Waals surface area contributed by atoms with E-state index in [0.717, 1.165) is 11.0 Å². The maximum absolute atomic E-state index is 13.5. The van der Waals surface area contributed by atoms with E-state index in [2.05, 4.69) is 5.32 Å². The maximum Gasteiger partial charge on any atom is 0.338 e. The Kier molecular flexibility index (Phi) is 6.90. The summed E-state index contributed by atoms with van der Waals surface area (Å²) in [6.07, 6.45) is 0. The Morgan fingerprint density at radius 1 is 1.19 bits per heavy atom. The van der Waals surface area contributed by atoms with E-state index in [1.807, 2.05) is 0 Å². The molecule has 0 aliphatic heterocycles. The highest BCUT2D eigenvalue weighted by Crippen LogP contribution is 2.20. The fourth-order valence-electron chi connectivity index (χ4n) is 2.10. The Balaban J connectivity index is 1.84. The van der Waals surface area contributed by atoms with Gasteiger partial charge in [-0.15, -0.1) is 0 Å². The molecule has 6 nitrogen and oxygen atoms in total. The molecule has 0 saturated carbocycles. The van der Waals surface area contributed by atoms with Gasteiger partial charge in [0.15, 0.2) is 6.61 Å². The maximum atomic E-state index is 13.5. The SMILES string of the molecule is Cc1ccc(C(=O)OCC(=O)N(C)CC(=O)Nc2ccccc2Cl)cc1F. The van der Waals surface area contributed by atoms with E-state index in [-0.39, 0.29) is 12.1 Å². The Morgan fingerprint density at radius 2 is 1.89 bits per heavy atom. The molecule has 0 spiro atoms. The summed E-state index contributed by atoms with van der Waals surface area (Å²) in [5, 5.41) is 2.96. The average Bonchev–Trinajstić information content (AvgIpc) is 2.63. The van der Waals surface area contributed by atoms with Gasteiger partial charge in [0, 0.05) is 7.05 Å². The van der Waals surface area contributed by atoms with Crippen LogP contribution in [0, 0.1) is 12.7 Å². The highest BCUT2D eigenvalue weighted by Gasteiger charge is 2.17. The molecule has 0 saturated heterocycles. The van der Waals surface area contributed by atoms with Crippen molar-refractivity contribution in [3.8, 4) is 0 Å². The van der Waals surface area contributed by atoms with Crippen LogP contribution in [0.15, 0.2) is 42.5 Å². The van der Waals surface area contributed by atoms with Crippen molar-refractivity contribution in [3.05, 3.63) is 64.4 Å². The lowest BCUT2D eigenvalue weighted by molar-refractivity contribution is -0.136. The number of rotatable bonds is 6. The van der Waals surface area contributed by atoms with Crippen LogP contribution in [-0.2, 0) is 14.3 Å². The molecular weight excluding hydrogens is 375 g/mol. The number of anilines is 1. The number of aryl methyl sites for hydroxylation is 1. The molecule has 0 aromatic heterocycles. The Morgan fingerprint density at radius 3 is 2.56 bits per heavy atom. The van der Waals surface area contributed by atoms with Crippen molar-refractivity contribution in [2.45, 2.75) is 6.92 Å². The van der Waals surface area contributed by atoms with Crippen molar-refractivity contribution < 1.29 is 23.5 Å². The number of hydrogen-bond donors (Lipinski definition) is 1. The predicted octanol–water partition coefficient (Wildman–Crippen LogP) is 3.04. The van der Waals surface area contributed by atoms with Gasteiger partial charge in [-0.3, -0.25) is 9.59 Å². The monoisotopic (exact) mass is 392 g/mol. The third-order valence-corrected chi connectivity index (χ3v) is 4.02. The second-order valence-electron chi connectivity index (χ2n) is 5.82. The molecule has 0 radical (unpaired) electrons. The first-order valence-corrected chi connectivity index (χ1v) is 8.37. The largest absolute Gasteiger partial charge is 0.452 e. The summed E-state index contributed by atoms with van der Waals surface area (Å²) in [5.74, 6) is -2.39. The predicted molar refractivity (Wildman–Crippen MR) is 99.1 cm³/mol. The molecule has 0 aliphatic carbocycles. The van der Waals surface area contributed by atoms with Crippen LogP contribution in [-0.4, -0.2) is 42.9 Å². The van der Waals surface area contributed by atoms with Crippen molar-refractivity contribution in [2.24, 2.45) is 0 Å². The summed E-state index contributed by atoms with van der Waals surface area (Å²) < 4.78 is 18.4. The molecule has 0 bridgehead atoms. The van der Waals surface area contributed by atoms with Gasteiger partial charge in [0.1, 0.15) is 5.82 Å². The summed E-state index contributed by atoms with van der Waals surface area (Å²) in [4.78, 5) is 37.0. The molecule has 1 N–H and O–H groups in total. The zero-order chi connectivity index (χ0) is 20.0. The highest BCUT2D eigenvalue weighted by atomic mass is 35.5. The number of carbonyl (C=O) groups is 3. The molecule has 0 heterocycles. The first kappa shape index (κ1) is 20.4. The van der Waals surface area contributed by atoms with Crippen LogP contribution in [0.2, 0.25) is 5.02 Å². The van der Waals surface area contributed by atoms with Crippen LogP contribution in [0.3, 0.4) is 0 Å². The van der Waals surface area contributed by atoms with Crippen LogP contribution in [0.1, 0.15) is 15.9 Å². The van der Waals surface area contributed by atoms with E-state index in [1.54, 1.807) is 31.2 Å². The summed E-state index contributed by atoms with van der Waals surface area (Å²) in [6.45, 7) is 0.752. The summed E-state index contributed by atoms with van der Waals surface area (Å²) in [7, 11) is 1.40. The van der Waals surface area contributed by atoms with E-state index >= 15 is 0 Å². The zero-order valence-electron chi connectivity index (χ0n) is 14.8. The van der Waals surface area contributed by atoms with Crippen molar-refractivity contribution in [3.63, 3.8) is 0 Å². The first-order valence-electron chi connectivity index (χ1n) is 7.99. The number of halogens is 2. The highest BCUT2D eigenvalue weighted by molar-refractivity contribution is 6.33. The molecule has 8 heteroatoms. The second-order valence-corrected chi connectivity index (χ2v) is 6.23. The standard InChI is InChI=1S/C19H18ClFN2O4/c1-12-7-8-13(9-15(12)21)19(26)27-11-18(25)23(2)10-17(24)22-16-6-4-3-5-14(16)20/h3-9H,10-11H2,1-2H3,(H,22,24). The molecule has 2 aromatic carbocycles. The fourth-order valence-corrected chi connectivity index (χ4v) is 2.28. The van der Waals surface area contributed by atoms with Crippen LogP contribution in [0.5, 0.6) is 0 Å². The smallest absolute Gasteiger partial charge is 0.338 e. The van der Waals surface area contributed by atoms with Crippen molar-refractivity contribution in [1.29, 1.82) is 0 Å². The van der Waals surface area contributed by atoms with Gasteiger partial charge >= 0.3 is 5.97 Å². The van der Waals surface area contributed by atoms with Gasteiger partial charge in [-0.25, -0.2) is 9.18 Å². The minimum atomic E-state index is -0.823. The summed E-state index contributed by atoms with van der Waals surface area (Å²) >= 11 is 5.95. The zero-order valence-corrected chi connectivity index (χ0v) is 15.5. The van der Waals surface area contributed by atoms with Crippen LogP contribution in [0.4, 0.5) is 10.1 Å². The lowest BCUT2D eigenvalue weighted by Gasteiger charge is -2.17. The molecule has 2 aromatic rings. The van der Waals surface area contributed by atoms with Crippen LogP contribution < -0.4 is 5.32 Å². The number of para-hydroxylation sites is 1. The Bertz CT molecular complexity index is 873. The number of esters is 1. The number of amides is 2. The fraction of sp³-hybridized carbons (Fsp3) is 0.211. The minimum Gasteiger partial charge on any atom is -0.452 e. The van der Waals surface area contributed by atoms with Gasteiger partial charge < -0.3 is 15.0 Å². The Labute approximate surface area is 160 Å². The molecular formula is C19H18ClFN2O4. The van der Waals surface area contributed by atoms with Crippen molar-refractivity contribution in [1.82, 2.24) is 4.90 Å². The Hall–Kier alpha value is -2.93. The van der Waals surface area contributed by atoms with E-state index in [9.17, 15) is 18.8 Å². The molecule has 2 amide bonds. The lowest BCUT2D eigenvalue weighted by atomic mass is 10.1. The molecule has 0 unspecified atom stereocenters. The van der Waals surface area contributed by atoms with E-state index in [0.29, 0.717) is 16.3 Å². The van der Waals surface area contributed by atoms with Gasteiger partial charge in [-0.05, 0) is 36.8 Å². The van der Waals surface area contributed by atoms with E-state index in [4.69, 9.17) is 16.3 Å². The number of nitrogens with zero attached hydrogens (tertiary/aromatic N) is 1. The van der Waals surface area contributed by atoms with Crippen molar-refractivity contribution in [2.75, 3.05) is 25.5 Å². The topological polar surface area (TPSA) is 75.7 Å². The van der Waals surface area contributed by atoms with Gasteiger partial charge in [0.25, 0.3) is 5.91 Å². The van der Waals surface area contributed by atoms with E-state index in [1.165, 1.54) is 19.2 Å². The minimum absolute atomic E-state index is 0.00464. The summed E-state index contributed by atoms with van der Waals surface area (Å²) in [5.41, 5.74) is 0.828. The number of hydrogen-bond acceptors (Lipinski definition) is 4. The molecule has 142 valence electrons. The lowest BCUT2D eigenvalue weighted by Crippen LogP contribution is -2.37. The van der Waals surface area contributed by atoms with Gasteiger partial charge in [-0.2, -0.15) is 0 Å². The molecule has 27 heavy (non-hydrogen) atoms. The second kappa shape index (κ2) is 9.14. The average molecular weight is 393 g/mol. The van der Waals surface area contributed by atoms with E-state index < -0.39 is 30.2 Å². The molecule has 2 rings (SSSR count). The first-order chi connectivity index (χ1) is 12.8. The van der Waals surface area contributed by atoms with Crippen LogP contribution >= 0.6 is 11.6 Å². The van der Waals surface area contributed by atoms with Gasteiger partial charge in [-0.1, -0.05) is 29.8 Å². The third-order valence-electron chi connectivity index (χ3n) is 3.69. The number of likely N-dealkylation sites (N-methyl/N-ethyl adjacent to an activating group) is 1. The molecule has 0 aliphatic rings.